The zero-order chi connectivity index (χ0) is 12.8. The summed E-state index contributed by atoms with van der Waals surface area (Å²) in [7, 11) is 0. The van der Waals surface area contributed by atoms with E-state index in [2.05, 4.69) is 0 Å². The average molecular weight is 242 g/mol. The molecule has 0 aromatic carbocycles. The number of hydrogen-bond donors (Lipinski definition) is 1. The number of ether oxygens (including phenoxy) is 2. The van der Waals surface area contributed by atoms with Crippen LogP contribution in [0.1, 0.15) is 6.92 Å². The number of nitrogens with two attached hydrogens (primary N) is 1. The maximum atomic E-state index is 11.1. The molecule has 0 fully saturated rings. The monoisotopic (exact) mass is 242 g/mol. The Morgan fingerprint density at radius 2 is 1.94 bits per heavy atom. The zero-order valence-corrected chi connectivity index (χ0v) is 9.42. The van der Waals surface area contributed by atoms with E-state index >= 15 is 0 Å². The van der Waals surface area contributed by atoms with Crippen LogP contribution >= 0.6 is 0 Å². The molecular formula is C10H14N2O5. The number of hydrogen-bond acceptors (Lipinski definition) is 5. The van der Waals surface area contributed by atoms with Crippen LogP contribution in [-0.4, -0.2) is 48.7 Å². The van der Waals surface area contributed by atoms with Crippen molar-refractivity contribution in [1.82, 2.24) is 4.90 Å². The van der Waals surface area contributed by atoms with Crippen molar-refractivity contribution in [3.05, 3.63) is 12.2 Å². The van der Waals surface area contributed by atoms with Gasteiger partial charge >= 0.3 is 0 Å². The second-order valence-corrected chi connectivity index (χ2v) is 3.38. The molecule has 0 aromatic rings. The number of amides is 3. The Labute approximate surface area is 98.1 Å². The fourth-order valence-electron chi connectivity index (χ4n) is 1.21. The van der Waals surface area contributed by atoms with Crippen LogP contribution < -0.4 is 5.73 Å². The minimum Gasteiger partial charge on any atom is -0.368 e. The predicted octanol–water partition coefficient (Wildman–Crippen LogP) is -1.22. The van der Waals surface area contributed by atoms with Gasteiger partial charge in [0, 0.05) is 12.2 Å². The van der Waals surface area contributed by atoms with E-state index in [0.29, 0.717) is 0 Å². The maximum absolute atomic E-state index is 11.1. The van der Waals surface area contributed by atoms with Crippen molar-refractivity contribution in [3.63, 3.8) is 0 Å². The molecule has 7 nitrogen and oxygen atoms in total. The first-order valence-corrected chi connectivity index (χ1v) is 5.05. The SMILES string of the molecule is CC(OCCN1C(=O)C=CC1=O)OCC(N)=O. The van der Waals surface area contributed by atoms with Gasteiger partial charge in [0.1, 0.15) is 6.61 Å². The first-order chi connectivity index (χ1) is 8.00. The van der Waals surface area contributed by atoms with Crippen LogP contribution in [0.15, 0.2) is 12.2 Å². The van der Waals surface area contributed by atoms with Gasteiger partial charge in [-0.25, -0.2) is 0 Å². The largest absolute Gasteiger partial charge is 0.368 e. The lowest BCUT2D eigenvalue weighted by Crippen LogP contribution is -2.34. The van der Waals surface area contributed by atoms with Gasteiger partial charge in [0.15, 0.2) is 6.29 Å². The summed E-state index contributed by atoms with van der Waals surface area (Å²) in [5.41, 5.74) is 4.88. The maximum Gasteiger partial charge on any atom is 0.253 e. The molecule has 17 heavy (non-hydrogen) atoms. The highest BCUT2D eigenvalue weighted by molar-refractivity contribution is 6.12. The summed E-state index contributed by atoms with van der Waals surface area (Å²) >= 11 is 0. The quantitative estimate of drug-likeness (QED) is 0.445. The van der Waals surface area contributed by atoms with E-state index < -0.39 is 12.2 Å². The molecule has 7 heteroatoms. The normalized spacial score (nSPS) is 16.6. The minimum absolute atomic E-state index is 0.138. The number of rotatable bonds is 7. The van der Waals surface area contributed by atoms with E-state index in [0.717, 1.165) is 4.90 Å². The molecule has 1 unspecified atom stereocenters. The van der Waals surface area contributed by atoms with Crippen molar-refractivity contribution >= 4 is 17.7 Å². The highest BCUT2D eigenvalue weighted by Crippen LogP contribution is 2.03. The van der Waals surface area contributed by atoms with Crippen LogP contribution in [0.3, 0.4) is 0 Å². The molecule has 1 aliphatic heterocycles. The summed E-state index contributed by atoms with van der Waals surface area (Å²) < 4.78 is 10.1. The topological polar surface area (TPSA) is 98.9 Å². The summed E-state index contributed by atoms with van der Waals surface area (Å²) in [4.78, 5) is 33.8. The molecule has 0 bridgehead atoms. The number of imide groups is 1. The van der Waals surface area contributed by atoms with Crippen LogP contribution in [0.4, 0.5) is 0 Å². The number of primary amides is 1. The third kappa shape index (κ3) is 4.33. The lowest BCUT2D eigenvalue weighted by Gasteiger charge is -2.16. The Bertz CT molecular complexity index is 335. The molecule has 1 aliphatic rings. The summed E-state index contributed by atoms with van der Waals surface area (Å²) in [5.74, 6) is -1.30. The van der Waals surface area contributed by atoms with Gasteiger partial charge in [0.2, 0.25) is 5.91 Å². The standard InChI is InChI=1S/C10H14N2O5/c1-7(17-6-8(11)13)16-5-4-12-9(14)2-3-10(12)15/h2-3,7H,4-6H2,1H3,(H2,11,13). The highest BCUT2D eigenvalue weighted by atomic mass is 16.7. The van der Waals surface area contributed by atoms with Crippen LogP contribution in [0.2, 0.25) is 0 Å². The van der Waals surface area contributed by atoms with Crippen molar-refractivity contribution in [2.45, 2.75) is 13.2 Å². The molecule has 0 saturated carbocycles. The van der Waals surface area contributed by atoms with Crippen LogP contribution in [-0.2, 0) is 23.9 Å². The summed E-state index contributed by atoms with van der Waals surface area (Å²) in [6.07, 6.45) is 1.79. The van der Waals surface area contributed by atoms with E-state index in [-0.39, 0.29) is 31.6 Å². The minimum atomic E-state index is -0.622. The average Bonchev–Trinajstić information content (AvgIpc) is 2.57. The number of carbonyl (C=O) groups is 3. The first kappa shape index (κ1) is 13.3. The Morgan fingerprint density at radius 3 is 2.47 bits per heavy atom. The zero-order valence-electron chi connectivity index (χ0n) is 9.42. The Kier molecular flexibility index (Phi) is 4.80. The third-order valence-electron chi connectivity index (χ3n) is 2.03. The van der Waals surface area contributed by atoms with E-state index in [1.807, 2.05) is 0 Å². The van der Waals surface area contributed by atoms with E-state index in [1.54, 1.807) is 6.92 Å². The lowest BCUT2D eigenvalue weighted by atomic mass is 10.5. The van der Waals surface area contributed by atoms with Gasteiger partial charge in [0.05, 0.1) is 13.2 Å². The van der Waals surface area contributed by atoms with Crippen molar-refractivity contribution in [3.8, 4) is 0 Å². The molecule has 0 spiro atoms. The van der Waals surface area contributed by atoms with Gasteiger partial charge in [-0.3, -0.25) is 19.3 Å². The van der Waals surface area contributed by atoms with Gasteiger partial charge in [0.25, 0.3) is 11.8 Å². The fraction of sp³-hybridized carbons (Fsp3) is 0.500. The molecule has 1 heterocycles. The van der Waals surface area contributed by atoms with E-state index in [4.69, 9.17) is 15.2 Å². The number of carbonyl (C=O) groups excluding carboxylic acids is 3. The fourth-order valence-corrected chi connectivity index (χ4v) is 1.21. The molecule has 0 aromatic heterocycles. The second-order valence-electron chi connectivity index (χ2n) is 3.38. The van der Waals surface area contributed by atoms with Crippen LogP contribution in [0.5, 0.6) is 0 Å². The molecule has 1 atom stereocenters. The van der Waals surface area contributed by atoms with Crippen molar-refractivity contribution in [2.24, 2.45) is 5.73 Å². The number of nitrogens with zero attached hydrogens (tertiary/aromatic N) is 1. The van der Waals surface area contributed by atoms with Crippen LogP contribution in [0.25, 0.3) is 0 Å². The summed E-state index contributed by atoms with van der Waals surface area (Å²) in [5, 5.41) is 0. The Hall–Kier alpha value is -1.73. The van der Waals surface area contributed by atoms with Gasteiger partial charge < -0.3 is 15.2 Å². The van der Waals surface area contributed by atoms with Gasteiger partial charge in [-0.15, -0.1) is 0 Å². The smallest absolute Gasteiger partial charge is 0.253 e. The Balaban J connectivity index is 2.17. The van der Waals surface area contributed by atoms with Crippen molar-refractivity contribution in [2.75, 3.05) is 19.8 Å². The van der Waals surface area contributed by atoms with Crippen LogP contribution in [0, 0.1) is 0 Å². The molecule has 0 saturated heterocycles. The van der Waals surface area contributed by atoms with Gasteiger partial charge in [-0.1, -0.05) is 0 Å². The van der Waals surface area contributed by atoms with Crippen molar-refractivity contribution in [1.29, 1.82) is 0 Å². The lowest BCUT2D eigenvalue weighted by molar-refractivity contribution is -0.153. The molecule has 0 radical (unpaired) electrons. The third-order valence-corrected chi connectivity index (χ3v) is 2.03. The van der Waals surface area contributed by atoms with Gasteiger partial charge in [-0.2, -0.15) is 0 Å². The van der Waals surface area contributed by atoms with E-state index in [9.17, 15) is 14.4 Å². The first-order valence-electron chi connectivity index (χ1n) is 5.05. The molecule has 1 rings (SSSR count). The molecule has 2 N–H and O–H groups in total. The molecule has 0 aliphatic carbocycles. The van der Waals surface area contributed by atoms with Gasteiger partial charge in [-0.05, 0) is 6.92 Å². The molecule has 3 amide bonds. The van der Waals surface area contributed by atoms with E-state index in [1.165, 1.54) is 12.2 Å². The summed E-state index contributed by atoms with van der Waals surface area (Å²) in [6, 6.07) is 0. The second kappa shape index (κ2) is 6.12. The molecular weight excluding hydrogens is 228 g/mol. The summed E-state index contributed by atoms with van der Waals surface area (Å²) in [6.45, 7) is 1.65. The Morgan fingerprint density at radius 1 is 1.35 bits per heavy atom. The molecule has 94 valence electrons. The predicted molar refractivity (Wildman–Crippen MR) is 56.4 cm³/mol. The van der Waals surface area contributed by atoms with Crippen molar-refractivity contribution < 1.29 is 23.9 Å². The highest BCUT2D eigenvalue weighted by Gasteiger charge is 2.22.